The van der Waals surface area contributed by atoms with E-state index in [1.54, 1.807) is 4.90 Å². The number of aromatic nitrogens is 3. The topological polar surface area (TPSA) is 79.2 Å². The number of carboxylic acid groups (broad SMARTS) is 1. The number of pyridine rings is 1. The minimum Gasteiger partial charge on any atom is -0.478 e. The zero-order valence-corrected chi connectivity index (χ0v) is 11.6. The minimum atomic E-state index is -1.33. The van der Waals surface area contributed by atoms with Gasteiger partial charge in [-0.25, -0.2) is 14.2 Å². The van der Waals surface area contributed by atoms with E-state index in [9.17, 15) is 9.18 Å². The second-order valence-electron chi connectivity index (χ2n) is 3.63. The number of carboxylic acids is 1. The fraction of sp³-hybridized carbons (Fsp3) is 0.200. The van der Waals surface area contributed by atoms with E-state index in [0.717, 1.165) is 17.8 Å². The van der Waals surface area contributed by atoms with Crippen molar-refractivity contribution in [3.8, 4) is 0 Å². The molecule has 0 amide bonds. The largest absolute Gasteiger partial charge is 0.478 e. The van der Waals surface area contributed by atoms with Crippen molar-refractivity contribution in [2.45, 2.75) is 9.37 Å². The second-order valence-corrected chi connectivity index (χ2v) is 5.82. The molecule has 0 saturated heterocycles. The summed E-state index contributed by atoms with van der Waals surface area (Å²) in [6.45, 7) is 0. The summed E-state index contributed by atoms with van der Waals surface area (Å²) in [6.07, 6.45) is 1.25. The molecule has 100 valence electrons. The van der Waals surface area contributed by atoms with Gasteiger partial charge in [0.15, 0.2) is 10.2 Å². The van der Waals surface area contributed by atoms with E-state index < -0.39 is 17.3 Å². The number of hydrogen-bond donors (Lipinski definition) is 1. The SMILES string of the molecule is CN(C)c1nnc(Sc2nccc(C(=O)O)c2F)s1. The predicted octanol–water partition coefficient (Wildman–Crippen LogP) is 1.99. The molecule has 2 aromatic heterocycles. The van der Waals surface area contributed by atoms with Crippen molar-refractivity contribution in [3.63, 3.8) is 0 Å². The Bertz CT molecular complexity index is 617. The molecule has 0 saturated carbocycles. The predicted molar refractivity (Wildman–Crippen MR) is 69.5 cm³/mol. The van der Waals surface area contributed by atoms with Crippen molar-refractivity contribution in [1.29, 1.82) is 0 Å². The third kappa shape index (κ3) is 2.99. The third-order valence-electron chi connectivity index (χ3n) is 2.05. The van der Waals surface area contributed by atoms with Gasteiger partial charge in [-0.15, -0.1) is 10.2 Å². The number of anilines is 1. The van der Waals surface area contributed by atoms with E-state index in [1.807, 2.05) is 14.1 Å². The Morgan fingerprint density at radius 2 is 2.21 bits per heavy atom. The van der Waals surface area contributed by atoms with Crippen LogP contribution in [0.3, 0.4) is 0 Å². The van der Waals surface area contributed by atoms with Crippen molar-refractivity contribution < 1.29 is 14.3 Å². The lowest BCUT2D eigenvalue weighted by Crippen LogP contribution is -2.07. The lowest BCUT2D eigenvalue weighted by Gasteiger charge is -2.04. The molecule has 2 heterocycles. The summed E-state index contributed by atoms with van der Waals surface area (Å²) in [6, 6.07) is 1.12. The van der Waals surface area contributed by atoms with E-state index in [2.05, 4.69) is 15.2 Å². The van der Waals surface area contributed by atoms with Crippen LogP contribution in [0.5, 0.6) is 0 Å². The van der Waals surface area contributed by atoms with Crippen LogP contribution < -0.4 is 4.90 Å². The van der Waals surface area contributed by atoms with Gasteiger partial charge in [-0.2, -0.15) is 0 Å². The zero-order valence-electron chi connectivity index (χ0n) is 9.99. The monoisotopic (exact) mass is 300 g/mol. The van der Waals surface area contributed by atoms with Gasteiger partial charge in [0.1, 0.15) is 5.03 Å². The molecule has 19 heavy (non-hydrogen) atoms. The Kier molecular flexibility index (Phi) is 3.96. The molecule has 9 heteroatoms. The molecule has 0 bridgehead atoms. The minimum absolute atomic E-state index is 0.0265. The van der Waals surface area contributed by atoms with E-state index >= 15 is 0 Å². The lowest BCUT2D eigenvalue weighted by atomic mass is 10.3. The number of rotatable bonds is 4. The third-order valence-corrected chi connectivity index (χ3v) is 4.17. The number of carbonyl (C=O) groups is 1. The molecule has 0 aliphatic heterocycles. The van der Waals surface area contributed by atoms with Crippen LogP contribution in [0.2, 0.25) is 0 Å². The highest BCUT2D eigenvalue weighted by atomic mass is 32.2. The Labute approximate surface area is 116 Å². The maximum absolute atomic E-state index is 13.9. The molecule has 0 aliphatic rings. The van der Waals surface area contributed by atoms with Crippen LogP contribution in [-0.4, -0.2) is 40.4 Å². The van der Waals surface area contributed by atoms with Gasteiger partial charge in [0.2, 0.25) is 5.13 Å². The molecule has 0 aliphatic carbocycles. The molecule has 0 unspecified atom stereocenters. The van der Waals surface area contributed by atoms with Crippen LogP contribution >= 0.6 is 23.1 Å². The number of hydrogen-bond acceptors (Lipinski definition) is 7. The highest BCUT2D eigenvalue weighted by Gasteiger charge is 2.17. The summed E-state index contributed by atoms with van der Waals surface area (Å²) in [7, 11) is 3.64. The number of nitrogens with zero attached hydrogens (tertiary/aromatic N) is 4. The van der Waals surface area contributed by atoms with Crippen molar-refractivity contribution >= 4 is 34.2 Å². The summed E-state index contributed by atoms with van der Waals surface area (Å²) in [5.74, 6) is -2.19. The Morgan fingerprint density at radius 1 is 1.47 bits per heavy atom. The molecule has 6 nitrogen and oxygen atoms in total. The molecule has 1 N–H and O–H groups in total. The van der Waals surface area contributed by atoms with Gasteiger partial charge in [0.05, 0.1) is 5.56 Å². The van der Waals surface area contributed by atoms with Gasteiger partial charge in [-0.1, -0.05) is 11.3 Å². The maximum atomic E-state index is 13.9. The van der Waals surface area contributed by atoms with Gasteiger partial charge in [-0.3, -0.25) is 0 Å². The van der Waals surface area contributed by atoms with Crippen molar-refractivity contribution in [1.82, 2.24) is 15.2 Å². The fourth-order valence-corrected chi connectivity index (χ4v) is 2.86. The summed E-state index contributed by atoms with van der Waals surface area (Å²) < 4.78 is 14.4. The highest BCUT2D eigenvalue weighted by Crippen LogP contribution is 2.33. The summed E-state index contributed by atoms with van der Waals surface area (Å²) in [4.78, 5) is 16.4. The number of halogens is 1. The summed E-state index contributed by atoms with van der Waals surface area (Å²) in [5.41, 5.74) is -0.408. The van der Waals surface area contributed by atoms with Crippen LogP contribution in [-0.2, 0) is 0 Å². The van der Waals surface area contributed by atoms with Crippen LogP contribution in [0.4, 0.5) is 9.52 Å². The lowest BCUT2D eigenvalue weighted by molar-refractivity contribution is 0.0691. The fourth-order valence-electron chi connectivity index (χ4n) is 1.17. The van der Waals surface area contributed by atoms with Gasteiger partial charge in [0, 0.05) is 20.3 Å². The first-order valence-corrected chi connectivity index (χ1v) is 6.69. The van der Waals surface area contributed by atoms with Crippen molar-refractivity contribution in [2.75, 3.05) is 19.0 Å². The standard InChI is InChI=1S/C10H9FN4O2S2/c1-15(2)9-13-14-10(19-9)18-7-6(11)5(8(16)17)3-4-12-7/h3-4H,1-2H3,(H,16,17). The van der Waals surface area contributed by atoms with Crippen LogP contribution in [0.15, 0.2) is 21.6 Å². The first-order valence-electron chi connectivity index (χ1n) is 5.05. The first kappa shape index (κ1) is 13.7. The quantitative estimate of drug-likeness (QED) is 0.925. The van der Waals surface area contributed by atoms with E-state index in [0.29, 0.717) is 9.47 Å². The van der Waals surface area contributed by atoms with Crippen molar-refractivity contribution in [3.05, 3.63) is 23.6 Å². The van der Waals surface area contributed by atoms with Crippen LogP contribution in [0, 0.1) is 5.82 Å². The Balaban J connectivity index is 2.28. The molecule has 0 radical (unpaired) electrons. The van der Waals surface area contributed by atoms with E-state index in [1.165, 1.54) is 17.5 Å². The van der Waals surface area contributed by atoms with E-state index in [-0.39, 0.29) is 5.03 Å². The van der Waals surface area contributed by atoms with Gasteiger partial charge in [0.25, 0.3) is 0 Å². The van der Waals surface area contributed by atoms with E-state index in [4.69, 9.17) is 5.11 Å². The van der Waals surface area contributed by atoms with Gasteiger partial charge >= 0.3 is 5.97 Å². The normalized spacial score (nSPS) is 10.5. The van der Waals surface area contributed by atoms with Crippen LogP contribution in [0.1, 0.15) is 10.4 Å². The molecule has 0 fully saturated rings. The molecular formula is C10H9FN4O2S2. The molecule has 2 aromatic rings. The highest BCUT2D eigenvalue weighted by molar-refractivity contribution is 8.01. The summed E-state index contributed by atoms with van der Waals surface area (Å²) >= 11 is 2.22. The molecule has 0 atom stereocenters. The van der Waals surface area contributed by atoms with Crippen LogP contribution in [0.25, 0.3) is 0 Å². The first-order chi connectivity index (χ1) is 8.99. The molecule has 0 aromatic carbocycles. The average Bonchev–Trinajstić information content (AvgIpc) is 2.80. The van der Waals surface area contributed by atoms with Gasteiger partial charge in [-0.05, 0) is 17.8 Å². The molecular weight excluding hydrogens is 291 g/mol. The zero-order chi connectivity index (χ0) is 14.0. The average molecular weight is 300 g/mol. The molecule has 0 spiro atoms. The number of aromatic carboxylic acids is 1. The summed E-state index contributed by atoms with van der Waals surface area (Å²) in [5, 5.41) is 17.3. The molecule has 2 rings (SSSR count). The maximum Gasteiger partial charge on any atom is 0.338 e. The smallest absolute Gasteiger partial charge is 0.338 e. The van der Waals surface area contributed by atoms with Crippen molar-refractivity contribution in [2.24, 2.45) is 0 Å². The second kappa shape index (κ2) is 5.49. The Hall–Kier alpha value is -1.74. The van der Waals surface area contributed by atoms with Gasteiger partial charge < -0.3 is 10.0 Å². The Morgan fingerprint density at radius 3 is 2.79 bits per heavy atom.